The van der Waals surface area contributed by atoms with Crippen LogP contribution in [0.15, 0.2) is 0 Å². The van der Waals surface area contributed by atoms with Gasteiger partial charge in [-0.15, -0.1) is 0 Å². The average Bonchev–Trinajstić information content (AvgIpc) is 2.27. The predicted octanol–water partition coefficient (Wildman–Crippen LogP) is 1.38. The number of Topliss-reactive ketones (excluding diaryl/α,β-unsaturated/α-hetero) is 1. The highest BCUT2D eigenvalue weighted by Crippen LogP contribution is 2.10. The fourth-order valence-electron chi connectivity index (χ4n) is 2.14. The molecule has 1 heterocycles. The van der Waals surface area contributed by atoms with Crippen LogP contribution < -0.4 is 0 Å². The number of piperazine rings is 1. The third-order valence-electron chi connectivity index (χ3n) is 3.44. The molecule has 3 heteroatoms. The molecule has 0 saturated carbocycles. The summed E-state index contributed by atoms with van der Waals surface area (Å²) in [5.41, 5.74) is 0. The minimum atomic E-state index is 0.115. The summed E-state index contributed by atoms with van der Waals surface area (Å²) >= 11 is 0. The Labute approximate surface area is 93.4 Å². The molecule has 1 unspecified atom stereocenters. The van der Waals surface area contributed by atoms with Crippen molar-refractivity contribution in [3.05, 3.63) is 0 Å². The van der Waals surface area contributed by atoms with Gasteiger partial charge in [-0.25, -0.2) is 0 Å². The molecule has 0 N–H and O–H groups in total. The SMILES string of the molecule is CCC(=O)C(C)N1CCN(C(C)C)CC1. The Hall–Kier alpha value is -0.410. The zero-order valence-electron chi connectivity index (χ0n) is 10.5. The minimum Gasteiger partial charge on any atom is -0.298 e. The number of hydrogen-bond acceptors (Lipinski definition) is 3. The average molecular weight is 212 g/mol. The molecule has 15 heavy (non-hydrogen) atoms. The molecule has 0 aromatic heterocycles. The van der Waals surface area contributed by atoms with Gasteiger partial charge in [0.2, 0.25) is 0 Å². The zero-order chi connectivity index (χ0) is 11.4. The van der Waals surface area contributed by atoms with Gasteiger partial charge in [0.15, 0.2) is 0 Å². The Morgan fingerprint density at radius 3 is 1.93 bits per heavy atom. The zero-order valence-corrected chi connectivity index (χ0v) is 10.5. The van der Waals surface area contributed by atoms with Crippen LogP contribution in [0, 0.1) is 0 Å². The summed E-state index contributed by atoms with van der Waals surface area (Å²) in [4.78, 5) is 16.4. The van der Waals surface area contributed by atoms with Gasteiger partial charge < -0.3 is 0 Å². The lowest BCUT2D eigenvalue weighted by Gasteiger charge is -2.39. The van der Waals surface area contributed by atoms with E-state index in [1.54, 1.807) is 0 Å². The molecule has 1 saturated heterocycles. The van der Waals surface area contributed by atoms with Gasteiger partial charge in [-0.05, 0) is 20.8 Å². The first-order valence-corrected chi connectivity index (χ1v) is 6.07. The molecule has 0 aliphatic carbocycles. The molecule has 0 aromatic carbocycles. The van der Waals surface area contributed by atoms with Crippen molar-refractivity contribution in [2.24, 2.45) is 0 Å². The number of rotatable bonds is 4. The van der Waals surface area contributed by atoms with E-state index in [-0.39, 0.29) is 6.04 Å². The Morgan fingerprint density at radius 1 is 1.07 bits per heavy atom. The summed E-state index contributed by atoms with van der Waals surface area (Å²) in [5.74, 6) is 0.369. The van der Waals surface area contributed by atoms with E-state index in [1.807, 2.05) is 13.8 Å². The van der Waals surface area contributed by atoms with Crippen LogP contribution in [0.25, 0.3) is 0 Å². The molecule has 0 aromatic rings. The summed E-state index contributed by atoms with van der Waals surface area (Å²) in [6.45, 7) is 12.7. The van der Waals surface area contributed by atoms with Crippen molar-refractivity contribution < 1.29 is 4.79 Å². The maximum atomic E-state index is 11.6. The van der Waals surface area contributed by atoms with Crippen molar-refractivity contribution in [3.63, 3.8) is 0 Å². The molecule has 88 valence electrons. The van der Waals surface area contributed by atoms with Crippen molar-refractivity contribution >= 4 is 5.78 Å². The van der Waals surface area contributed by atoms with Crippen LogP contribution in [0.1, 0.15) is 34.1 Å². The van der Waals surface area contributed by atoms with Gasteiger partial charge in [-0.1, -0.05) is 6.92 Å². The Bertz CT molecular complexity index is 208. The van der Waals surface area contributed by atoms with E-state index < -0.39 is 0 Å². The van der Waals surface area contributed by atoms with Crippen LogP contribution in [0.4, 0.5) is 0 Å². The molecule has 1 fully saturated rings. The van der Waals surface area contributed by atoms with Crippen LogP contribution >= 0.6 is 0 Å². The van der Waals surface area contributed by atoms with Gasteiger partial charge in [0.05, 0.1) is 6.04 Å². The van der Waals surface area contributed by atoms with E-state index in [0.717, 1.165) is 26.2 Å². The third kappa shape index (κ3) is 3.28. The van der Waals surface area contributed by atoms with Gasteiger partial charge in [0, 0.05) is 38.6 Å². The van der Waals surface area contributed by atoms with Crippen molar-refractivity contribution in [2.45, 2.75) is 46.2 Å². The molecule has 1 aliphatic heterocycles. The van der Waals surface area contributed by atoms with E-state index >= 15 is 0 Å². The first-order valence-electron chi connectivity index (χ1n) is 6.07. The highest BCUT2D eigenvalue weighted by Gasteiger charge is 2.25. The molecule has 0 radical (unpaired) electrons. The second-order valence-electron chi connectivity index (χ2n) is 4.66. The first-order chi connectivity index (χ1) is 7.06. The van der Waals surface area contributed by atoms with Gasteiger partial charge >= 0.3 is 0 Å². The van der Waals surface area contributed by atoms with E-state index in [0.29, 0.717) is 18.2 Å². The molecule has 1 atom stereocenters. The lowest BCUT2D eigenvalue weighted by atomic mass is 10.1. The van der Waals surface area contributed by atoms with E-state index in [1.165, 1.54) is 0 Å². The van der Waals surface area contributed by atoms with Gasteiger partial charge in [-0.2, -0.15) is 0 Å². The molecular weight excluding hydrogens is 188 g/mol. The van der Waals surface area contributed by atoms with Gasteiger partial charge in [-0.3, -0.25) is 14.6 Å². The maximum absolute atomic E-state index is 11.6. The number of nitrogens with zero attached hydrogens (tertiary/aromatic N) is 2. The number of hydrogen-bond donors (Lipinski definition) is 0. The van der Waals surface area contributed by atoms with Crippen molar-refractivity contribution in [3.8, 4) is 0 Å². The Kier molecular flexibility index (Phi) is 4.74. The monoisotopic (exact) mass is 212 g/mol. The van der Waals surface area contributed by atoms with Crippen LogP contribution in [-0.2, 0) is 4.79 Å². The normalized spacial score (nSPS) is 21.9. The summed E-state index contributed by atoms with van der Waals surface area (Å²) in [6, 6.07) is 0.744. The van der Waals surface area contributed by atoms with E-state index in [2.05, 4.69) is 23.6 Å². The number of carbonyl (C=O) groups is 1. The molecule has 3 nitrogen and oxygen atoms in total. The van der Waals surface area contributed by atoms with Crippen LogP contribution in [0.3, 0.4) is 0 Å². The van der Waals surface area contributed by atoms with Gasteiger partial charge in [0.1, 0.15) is 5.78 Å². The molecule has 0 bridgehead atoms. The van der Waals surface area contributed by atoms with Crippen LogP contribution in [-0.4, -0.2) is 53.8 Å². The van der Waals surface area contributed by atoms with Crippen LogP contribution in [0.5, 0.6) is 0 Å². The molecule has 1 aliphatic rings. The molecule has 0 amide bonds. The minimum absolute atomic E-state index is 0.115. The van der Waals surface area contributed by atoms with E-state index in [4.69, 9.17) is 0 Å². The second kappa shape index (κ2) is 5.61. The smallest absolute Gasteiger partial charge is 0.149 e. The second-order valence-corrected chi connectivity index (χ2v) is 4.66. The number of carbonyl (C=O) groups excluding carboxylic acids is 1. The maximum Gasteiger partial charge on any atom is 0.149 e. The Morgan fingerprint density at radius 2 is 1.53 bits per heavy atom. The summed E-state index contributed by atoms with van der Waals surface area (Å²) < 4.78 is 0. The molecule has 1 rings (SSSR count). The standard InChI is InChI=1S/C12H24N2O/c1-5-12(15)11(4)14-8-6-13(7-9-14)10(2)3/h10-11H,5-9H2,1-4H3. The summed E-state index contributed by atoms with van der Waals surface area (Å²) in [7, 11) is 0. The first kappa shape index (κ1) is 12.7. The summed E-state index contributed by atoms with van der Waals surface area (Å²) in [6.07, 6.45) is 0.658. The highest BCUT2D eigenvalue weighted by atomic mass is 16.1. The fourth-order valence-corrected chi connectivity index (χ4v) is 2.14. The quantitative estimate of drug-likeness (QED) is 0.703. The lowest BCUT2D eigenvalue weighted by molar-refractivity contribution is -0.124. The molecular formula is C12H24N2O. The van der Waals surface area contributed by atoms with Crippen molar-refractivity contribution in [1.29, 1.82) is 0 Å². The lowest BCUT2D eigenvalue weighted by Crippen LogP contribution is -2.53. The van der Waals surface area contributed by atoms with Crippen molar-refractivity contribution in [2.75, 3.05) is 26.2 Å². The number of ketones is 1. The Balaban J connectivity index is 2.40. The van der Waals surface area contributed by atoms with Crippen molar-refractivity contribution in [1.82, 2.24) is 9.80 Å². The fraction of sp³-hybridized carbons (Fsp3) is 0.917. The summed E-state index contributed by atoms with van der Waals surface area (Å²) in [5, 5.41) is 0. The highest BCUT2D eigenvalue weighted by molar-refractivity contribution is 5.83. The largest absolute Gasteiger partial charge is 0.298 e. The van der Waals surface area contributed by atoms with E-state index in [9.17, 15) is 4.79 Å². The van der Waals surface area contributed by atoms with Crippen LogP contribution in [0.2, 0.25) is 0 Å². The topological polar surface area (TPSA) is 23.6 Å². The predicted molar refractivity (Wildman–Crippen MR) is 63.0 cm³/mol. The molecule has 0 spiro atoms. The van der Waals surface area contributed by atoms with Gasteiger partial charge in [0.25, 0.3) is 0 Å². The third-order valence-corrected chi connectivity index (χ3v) is 3.44.